The van der Waals surface area contributed by atoms with Crippen molar-refractivity contribution in [2.24, 2.45) is 34.6 Å². The highest BCUT2D eigenvalue weighted by molar-refractivity contribution is 5.76. The Morgan fingerprint density at radius 3 is 2.32 bits per heavy atom. The molecule has 0 radical (unpaired) electrons. The predicted octanol–water partition coefficient (Wildman–Crippen LogP) is 1.25. The quantitative estimate of drug-likeness (QED) is 0.379. The average Bonchev–Trinajstić information content (AvgIpc) is 3.30. The van der Waals surface area contributed by atoms with Crippen molar-refractivity contribution in [3.63, 3.8) is 0 Å². The molecule has 3 rings (SSSR count). The average molecular weight is 476 g/mol. The van der Waals surface area contributed by atoms with Crippen LogP contribution in [0.2, 0.25) is 0 Å². The van der Waals surface area contributed by atoms with Crippen LogP contribution in [0, 0.1) is 23.2 Å². The Bertz CT molecular complexity index is 1010. The zero-order valence-corrected chi connectivity index (χ0v) is 20.4. The molecule has 11 heteroatoms. The van der Waals surface area contributed by atoms with Gasteiger partial charge < -0.3 is 31.2 Å². The fourth-order valence-electron chi connectivity index (χ4n) is 4.23. The van der Waals surface area contributed by atoms with Crippen LogP contribution in [-0.2, 0) is 25.6 Å². The monoisotopic (exact) mass is 475 g/mol. The Kier molecular flexibility index (Phi) is 8.09. The van der Waals surface area contributed by atoms with Gasteiger partial charge in [0.2, 0.25) is 5.95 Å². The van der Waals surface area contributed by atoms with Crippen molar-refractivity contribution in [3.05, 3.63) is 12.5 Å². The van der Waals surface area contributed by atoms with Crippen molar-refractivity contribution in [1.29, 1.82) is 0 Å². The number of hydrogen-bond donors (Lipinski definition) is 3. The largest absolute Gasteiger partial charge is 0.464 e. The van der Waals surface area contributed by atoms with Gasteiger partial charge in [0.1, 0.15) is 17.6 Å². The van der Waals surface area contributed by atoms with Crippen LogP contribution in [0.15, 0.2) is 12.5 Å². The first-order valence-corrected chi connectivity index (χ1v) is 11.8. The van der Waals surface area contributed by atoms with E-state index in [0.717, 1.165) is 0 Å². The maximum Gasteiger partial charge on any atom is 0.322 e. The zero-order chi connectivity index (χ0) is 25.0. The fraction of sp³-hybridized carbons (Fsp3) is 0.696. The number of hydrogen-bond acceptors (Lipinski definition) is 10. The summed E-state index contributed by atoms with van der Waals surface area (Å²) in [5, 5.41) is 0. The topological polar surface area (TPSA) is 174 Å². The smallest absolute Gasteiger partial charge is 0.322 e. The molecule has 1 aliphatic carbocycles. The summed E-state index contributed by atoms with van der Waals surface area (Å²) in [6, 6.07) is -1.33. The van der Waals surface area contributed by atoms with Gasteiger partial charge in [-0.2, -0.15) is 4.98 Å². The van der Waals surface area contributed by atoms with E-state index >= 15 is 0 Å². The van der Waals surface area contributed by atoms with E-state index < -0.39 is 29.4 Å². The van der Waals surface area contributed by atoms with Crippen molar-refractivity contribution in [3.8, 4) is 0 Å². The maximum atomic E-state index is 12.5. The lowest BCUT2D eigenvalue weighted by molar-refractivity contribution is -0.150. The van der Waals surface area contributed by atoms with Crippen molar-refractivity contribution in [2.75, 3.05) is 18.9 Å². The number of aromatic nitrogens is 4. The van der Waals surface area contributed by atoms with E-state index in [0.29, 0.717) is 42.9 Å². The van der Waals surface area contributed by atoms with E-state index in [2.05, 4.69) is 15.0 Å². The van der Waals surface area contributed by atoms with Gasteiger partial charge in [-0.05, 0) is 31.1 Å². The summed E-state index contributed by atoms with van der Waals surface area (Å²) in [7, 11) is 0. The van der Waals surface area contributed by atoms with Crippen molar-refractivity contribution >= 4 is 29.1 Å². The Morgan fingerprint density at radius 2 is 1.71 bits per heavy atom. The zero-order valence-electron chi connectivity index (χ0n) is 20.4. The van der Waals surface area contributed by atoms with Crippen LogP contribution in [0.25, 0.3) is 11.2 Å². The van der Waals surface area contributed by atoms with Gasteiger partial charge in [0.05, 0.1) is 25.7 Å². The van der Waals surface area contributed by atoms with Crippen LogP contribution in [0.5, 0.6) is 0 Å². The number of imidazole rings is 1. The van der Waals surface area contributed by atoms with E-state index in [1.807, 2.05) is 32.3 Å². The highest BCUT2D eigenvalue weighted by Crippen LogP contribution is 2.54. The van der Waals surface area contributed by atoms with Crippen LogP contribution in [0.4, 0.5) is 5.95 Å². The van der Waals surface area contributed by atoms with E-state index in [1.165, 1.54) is 0 Å². The molecule has 0 aliphatic heterocycles. The first kappa shape index (κ1) is 25.8. The van der Waals surface area contributed by atoms with E-state index in [4.69, 9.17) is 26.7 Å². The lowest BCUT2D eigenvalue weighted by atomic mass is 10.0. The number of nitrogens with two attached hydrogens (primary N) is 3. The molecule has 4 atom stereocenters. The van der Waals surface area contributed by atoms with E-state index in [9.17, 15) is 9.59 Å². The molecule has 34 heavy (non-hydrogen) atoms. The molecule has 2 unspecified atom stereocenters. The lowest BCUT2D eigenvalue weighted by Crippen LogP contribution is -2.36. The van der Waals surface area contributed by atoms with Gasteiger partial charge in [-0.25, -0.2) is 9.97 Å². The number of fused-ring (bicyclic) bond motifs is 1. The van der Waals surface area contributed by atoms with E-state index in [1.54, 1.807) is 12.5 Å². The van der Waals surface area contributed by atoms with Gasteiger partial charge in [-0.3, -0.25) is 9.59 Å². The molecule has 2 heterocycles. The predicted molar refractivity (Wildman–Crippen MR) is 127 cm³/mol. The van der Waals surface area contributed by atoms with Crippen LogP contribution in [0.3, 0.4) is 0 Å². The van der Waals surface area contributed by atoms with Crippen LogP contribution < -0.4 is 17.2 Å². The summed E-state index contributed by atoms with van der Waals surface area (Å²) in [6.45, 7) is 8.82. The second kappa shape index (κ2) is 10.6. The number of carbonyl (C=O) groups is 2. The molecule has 0 spiro atoms. The number of esters is 2. The molecule has 0 saturated heterocycles. The van der Waals surface area contributed by atoms with Crippen molar-refractivity contribution < 1.29 is 19.1 Å². The minimum absolute atomic E-state index is 0.00606. The van der Waals surface area contributed by atoms with Crippen LogP contribution >= 0.6 is 0 Å². The van der Waals surface area contributed by atoms with Gasteiger partial charge in [-0.15, -0.1) is 0 Å². The number of nitrogens with zero attached hydrogens (tertiary/aromatic N) is 4. The molecule has 188 valence electrons. The maximum absolute atomic E-state index is 12.5. The second-order valence-electron chi connectivity index (χ2n) is 10.3. The standard InChI is InChI=1S/C23H37N7O4/c1-13(2)5-16(24)20(31)33-9-15-7-23(15,11-34-21(32)17(25)6-14(3)4)10-30-12-28-18-8-27-22(26)29-19(18)30/h8,12-17H,5-7,9-11,24-25H2,1-4H3,(H2,26,27,29)/t15?,16-,17-,23?/m0/s1. The number of anilines is 1. The summed E-state index contributed by atoms with van der Waals surface area (Å²) in [6.07, 6.45) is 5.03. The summed E-state index contributed by atoms with van der Waals surface area (Å²) in [4.78, 5) is 37.4. The molecule has 0 aromatic carbocycles. The molecule has 2 aromatic heterocycles. The highest BCUT2D eigenvalue weighted by Gasteiger charge is 2.56. The molecule has 2 aromatic rings. The summed E-state index contributed by atoms with van der Waals surface area (Å²) >= 11 is 0. The molecule has 1 aliphatic rings. The normalized spacial score (nSPS) is 21.6. The minimum Gasteiger partial charge on any atom is -0.464 e. The highest BCUT2D eigenvalue weighted by atomic mass is 16.5. The number of nitrogen functional groups attached to an aromatic ring is 1. The van der Waals surface area contributed by atoms with Gasteiger partial charge in [0.15, 0.2) is 5.65 Å². The second-order valence-corrected chi connectivity index (χ2v) is 10.3. The molecule has 1 fully saturated rings. The Hall–Kier alpha value is -2.79. The van der Waals surface area contributed by atoms with Crippen molar-refractivity contribution in [2.45, 2.75) is 65.6 Å². The number of carbonyl (C=O) groups excluding carboxylic acids is 2. The Balaban J connectivity index is 1.70. The van der Waals surface area contributed by atoms with Gasteiger partial charge in [0.25, 0.3) is 0 Å². The summed E-state index contributed by atoms with van der Waals surface area (Å²) in [5.74, 6) is -0.137. The summed E-state index contributed by atoms with van der Waals surface area (Å²) < 4.78 is 13.0. The SMILES string of the molecule is CC(C)C[C@H](N)C(=O)OCC1CC1(COC(=O)[C@@H](N)CC(C)C)Cn1cnc2cnc(N)nc21. The Morgan fingerprint density at radius 1 is 1.09 bits per heavy atom. The van der Waals surface area contributed by atoms with Crippen LogP contribution in [0.1, 0.15) is 47.0 Å². The minimum atomic E-state index is -0.678. The van der Waals surface area contributed by atoms with Gasteiger partial charge in [-0.1, -0.05) is 27.7 Å². The van der Waals surface area contributed by atoms with Gasteiger partial charge in [0, 0.05) is 17.9 Å². The molecule has 0 amide bonds. The third-order valence-electron chi connectivity index (χ3n) is 6.21. The van der Waals surface area contributed by atoms with E-state index in [-0.39, 0.29) is 31.0 Å². The fourth-order valence-corrected chi connectivity index (χ4v) is 4.23. The lowest BCUT2D eigenvalue weighted by Gasteiger charge is -2.21. The Labute approximate surface area is 199 Å². The molecule has 11 nitrogen and oxygen atoms in total. The molecule has 0 bridgehead atoms. The first-order valence-electron chi connectivity index (χ1n) is 11.8. The number of rotatable bonds is 12. The third kappa shape index (κ3) is 6.41. The first-order chi connectivity index (χ1) is 16.0. The van der Waals surface area contributed by atoms with Crippen molar-refractivity contribution in [1.82, 2.24) is 19.5 Å². The van der Waals surface area contributed by atoms with Crippen LogP contribution in [-0.4, -0.2) is 56.8 Å². The number of ether oxygens (including phenoxy) is 2. The third-order valence-corrected chi connectivity index (χ3v) is 6.21. The molecule has 1 saturated carbocycles. The van der Waals surface area contributed by atoms with Gasteiger partial charge >= 0.3 is 11.9 Å². The molecular weight excluding hydrogens is 438 g/mol. The molecular formula is C23H37N7O4. The molecule has 6 N–H and O–H groups in total. The summed E-state index contributed by atoms with van der Waals surface area (Å²) in [5.41, 5.74) is 18.5.